The summed E-state index contributed by atoms with van der Waals surface area (Å²) < 4.78 is 19.2. The Morgan fingerprint density at radius 2 is 1.75 bits per heavy atom. The predicted octanol–water partition coefficient (Wildman–Crippen LogP) is 4.84. The minimum Gasteiger partial charge on any atom is -0.483 e. The molecule has 2 aromatic carbocycles. The van der Waals surface area contributed by atoms with Crippen molar-refractivity contribution in [2.75, 3.05) is 13.2 Å². The van der Waals surface area contributed by atoms with Crippen molar-refractivity contribution in [2.45, 2.75) is 65.5 Å². The monoisotopic (exact) mass is 442 g/mol. The van der Waals surface area contributed by atoms with Crippen molar-refractivity contribution in [3.8, 4) is 5.75 Å². The molecule has 0 saturated heterocycles. The summed E-state index contributed by atoms with van der Waals surface area (Å²) in [7, 11) is 0. The summed E-state index contributed by atoms with van der Waals surface area (Å²) in [6.07, 6.45) is 1.84. The molecule has 1 unspecified atom stereocenters. The Kier molecular flexibility index (Phi) is 9.24. The second kappa shape index (κ2) is 11.7. The molecule has 0 heterocycles. The lowest BCUT2D eigenvalue weighted by Gasteiger charge is -2.29. The second-order valence-electron chi connectivity index (χ2n) is 9.00. The first-order valence-electron chi connectivity index (χ1n) is 11.2. The molecule has 0 aromatic heterocycles. The number of carbonyl (C=O) groups is 2. The Balaban J connectivity index is 2.18. The molecule has 0 aliphatic heterocycles. The van der Waals surface area contributed by atoms with Gasteiger partial charge in [0.2, 0.25) is 5.91 Å². The molecule has 0 fully saturated rings. The van der Waals surface area contributed by atoms with E-state index in [0.717, 1.165) is 24.0 Å². The van der Waals surface area contributed by atoms with Gasteiger partial charge in [-0.1, -0.05) is 64.4 Å². The molecule has 5 nitrogen and oxygen atoms in total. The van der Waals surface area contributed by atoms with E-state index in [-0.39, 0.29) is 36.2 Å². The van der Waals surface area contributed by atoms with Crippen LogP contribution in [0.5, 0.6) is 5.75 Å². The number of hydrogen-bond donors (Lipinski definition) is 1. The van der Waals surface area contributed by atoms with E-state index < -0.39 is 6.04 Å². The average Bonchev–Trinajstić information content (AvgIpc) is 2.76. The Hall–Kier alpha value is -2.89. The molecule has 1 N–H and O–H groups in total. The average molecular weight is 443 g/mol. The zero-order valence-electron chi connectivity index (χ0n) is 19.8. The topological polar surface area (TPSA) is 58.6 Å². The van der Waals surface area contributed by atoms with Crippen LogP contribution in [0.3, 0.4) is 0 Å². The van der Waals surface area contributed by atoms with E-state index in [9.17, 15) is 14.0 Å². The van der Waals surface area contributed by atoms with Gasteiger partial charge in [0, 0.05) is 13.1 Å². The SMILES string of the molecule is CCCCNC(=O)C(C)N(Cc1ccc(F)cc1)C(=O)COc1ccccc1C(C)(C)C. The number of amides is 2. The lowest BCUT2D eigenvalue weighted by molar-refractivity contribution is -0.142. The van der Waals surface area contributed by atoms with Crippen LogP contribution in [0, 0.1) is 5.82 Å². The zero-order chi connectivity index (χ0) is 23.7. The highest BCUT2D eigenvalue weighted by Gasteiger charge is 2.27. The Morgan fingerprint density at radius 1 is 1.09 bits per heavy atom. The summed E-state index contributed by atoms with van der Waals surface area (Å²) in [6, 6.07) is 12.9. The van der Waals surface area contributed by atoms with Crippen LogP contribution in [0.1, 0.15) is 58.6 Å². The third-order valence-corrected chi connectivity index (χ3v) is 5.31. The molecular weight excluding hydrogens is 407 g/mol. The van der Waals surface area contributed by atoms with Crippen molar-refractivity contribution in [2.24, 2.45) is 0 Å². The largest absolute Gasteiger partial charge is 0.483 e. The molecule has 0 bridgehead atoms. The molecule has 174 valence electrons. The van der Waals surface area contributed by atoms with E-state index in [4.69, 9.17) is 4.74 Å². The molecule has 2 aromatic rings. The highest BCUT2D eigenvalue weighted by molar-refractivity contribution is 5.88. The van der Waals surface area contributed by atoms with E-state index in [1.54, 1.807) is 19.1 Å². The maximum Gasteiger partial charge on any atom is 0.261 e. The molecule has 0 aliphatic rings. The van der Waals surface area contributed by atoms with Gasteiger partial charge in [-0.15, -0.1) is 0 Å². The van der Waals surface area contributed by atoms with Gasteiger partial charge in [-0.05, 0) is 48.1 Å². The first kappa shape index (κ1) is 25.4. The fraction of sp³-hybridized carbons (Fsp3) is 0.462. The van der Waals surface area contributed by atoms with Gasteiger partial charge in [0.15, 0.2) is 6.61 Å². The normalized spacial score (nSPS) is 12.2. The number of hydrogen-bond acceptors (Lipinski definition) is 3. The van der Waals surface area contributed by atoms with Crippen LogP contribution >= 0.6 is 0 Å². The van der Waals surface area contributed by atoms with Gasteiger partial charge >= 0.3 is 0 Å². The number of unbranched alkanes of at least 4 members (excludes halogenated alkanes) is 1. The summed E-state index contributed by atoms with van der Waals surface area (Å²) in [5.41, 5.74) is 1.60. The van der Waals surface area contributed by atoms with Crippen LogP contribution in [-0.2, 0) is 21.5 Å². The van der Waals surface area contributed by atoms with Crippen LogP contribution in [-0.4, -0.2) is 35.9 Å². The first-order valence-corrected chi connectivity index (χ1v) is 11.2. The quantitative estimate of drug-likeness (QED) is 0.536. The van der Waals surface area contributed by atoms with Gasteiger partial charge in [-0.3, -0.25) is 9.59 Å². The molecule has 0 saturated carbocycles. The van der Waals surface area contributed by atoms with E-state index in [0.29, 0.717) is 12.3 Å². The predicted molar refractivity (Wildman–Crippen MR) is 125 cm³/mol. The minimum atomic E-state index is -0.689. The maximum absolute atomic E-state index is 13.3. The van der Waals surface area contributed by atoms with Crippen molar-refractivity contribution in [1.82, 2.24) is 10.2 Å². The fourth-order valence-corrected chi connectivity index (χ4v) is 3.34. The van der Waals surface area contributed by atoms with Crippen molar-refractivity contribution < 1.29 is 18.7 Å². The summed E-state index contributed by atoms with van der Waals surface area (Å²) in [5.74, 6) is -0.227. The Morgan fingerprint density at radius 3 is 2.38 bits per heavy atom. The molecular formula is C26H35FN2O3. The van der Waals surface area contributed by atoms with Crippen LogP contribution in [0.15, 0.2) is 48.5 Å². The molecule has 2 amide bonds. The third kappa shape index (κ3) is 7.36. The highest BCUT2D eigenvalue weighted by atomic mass is 19.1. The molecule has 0 aliphatic carbocycles. The number of nitrogens with zero attached hydrogens (tertiary/aromatic N) is 1. The van der Waals surface area contributed by atoms with Crippen molar-refractivity contribution in [1.29, 1.82) is 0 Å². The number of rotatable bonds is 10. The molecule has 2 rings (SSSR count). The lowest BCUT2D eigenvalue weighted by Crippen LogP contribution is -2.49. The molecule has 32 heavy (non-hydrogen) atoms. The summed E-state index contributed by atoms with van der Waals surface area (Å²) >= 11 is 0. The number of para-hydroxylation sites is 1. The van der Waals surface area contributed by atoms with Crippen LogP contribution in [0.4, 0.5) is 4.39 Å². The lowest BCUT2D eigenvalue weighted by atomic mass is 9.86. The van der Waals surface area contributed by atoms with Crippen LogP contribution < -0.4 is 10.1 Å². The standard InChI is InChI=1S/C26H35FN2O3/c1-6-7-16-28-25(31)19(2)29(17-20-12-14-21(27)15-13-20)24(30)18-32-23-11-9-8-10-22(23)26(3,4)5/h8-15,19H,6-7,16-18H2,1-5H3,(H,28,31). The van der Waals surface area contributed by atoms with Crippen LogP contribution in [0.2, 0.25) is 0 Å². The summed E-state index contributed by atoms with van der Waals surface area (Å²) in [5, 5.41) is 2.88. The van der Waals surface area contributed by atoms with Gasteiger partial charge in [0.1, 0.15) is 17.6 Å². The van der Waals surface area contributed by atoms with E-state index in [1.165, 1.54) is 17.0 Å². The van der Waals surface area contributed by atoms with Gasteiger partial charge in [0.05, 0.1) is 0 Å². The van der Waals surface area contributed by atoms with Gasteiger partial charge in [-0.2, -0.15) is 0 Å². The number of benzene rings is 2. The molecule has 0 radical (unpaired) electrons. The number of carbonyl (C=O) groups excluding carboxylic acids is 2. The number of ether oxygens (including phenoxy) is 1. The number of halogens is 1. The van der Waals surface area contributed by atoms with Crippen molar-refractivity contribution in [3.63, 3.8) is 0 Å². The van der Waals surface area contributed by atoms with E-state index in [2.05, 4.69) is 26.1 Å². The van der Waals surface area contributed by atoms with E-state index >= 15 is 0 Å². The Labute approximate surface area is 191 Å². The maximum atomic E-state index is 13.3. The van der Waals surface area contributed by atoms with Crippen molar-refractivity contribution in [3.05, 3.63) is 65.5 Å². The first-order chi connectivity index (χ1) is 15.1. The molecule has 1 atom stereocenters. The second-order valence-corrected chi connectivity index (χ2v) is 9.00. The fourth-order valence-electron chi connectivity index (χ4n) is 3.34. The highest BCUT2D eigenvalue weighted by Crippen LogP contribution is 2.31. The molecule has 0 spiro atoms. The smallest absolute Gasteiger partial charge is 0.261 e. The number of nitrogens with one attached hydrogen (secondary N) is 1. The van der Waals surface area contributed by atoms with Gasteiger partial charge in [0.25, 0.3) is 5.91 Å². The Bertz CT molecular complexity index is 891. The van der Waals surface area contributed by atoms with E-state index in [1.807, 2.05) is 31.2 Å². The third-order valence-electron chi connectivity index (χ3n) is 5.31. The summed E-state index contributed by atoms with van der Waals surface area (Å²) in [6.45, 7) is 10.6. The summed E-state index contributed by atoms with van der Waals surface area (Å²) in [4.78, 5) is 27.3. The van der Waals surface area contributed by atoms with Crippen LogP contribution in [0.25, 0.3) is 0 Å². The minimum absolute atomic E-state index is 0.139. The zero-order valence-corrected chi connectivity index (χ0v) is 19.8. The van der Waals surface area contributed by atoms with Gasteiger partial charge in [-0.25, -0.2) is 4.39 Å². The molecule has 6 heteroatoms. The van der Waals surface area contributed by atoms with Crippen molar-refractivity contribution >= 4 is 11.8 Å². The van der Waals surface area contributed by atoms with Gasteiger partial charge < -0.3 is 15.0 Å².